The van der Waals surface area contributed by atoms with Crippen LogP contribution in [0, 0.1) is 11.6 Å². The van der Waals surface area contributed by atoms with Crippen molar-refractivity contribution in [1.29, 1.82) is 0 Å². The van der Waals surface area contributed by atoms with E-state index in [9.17, 15) is 13.0 Å². The second kappa shape index (κ2) is 6.81. The lowest BCUT2D eigenvalue weighted by atomic mass is 10.2. The van der Waals surface area contributed by atoms with Crippen LogP contribution in [0.3, 0.4) is 0 Å². The minimum Gasteiger partial charge on any atom is -0.328 e. The SMILES string of the molecule is CC(N)CCCCS(=O)c1cc(F)ccc1F. The summed E-state index contributed by atoms with van der Waals surface area (Å²) < 4.78 is 37.9. The fourth-order valence-electron chi connectivity index (χ4n) is 1.46. The molecule has 0 aliphatic carbocycles. The minimum absolute atomic E-state index is 0.0502. The molecule has 96 valence electrons. The van der Waals surface area contributed by atoms with Crippen molar-refractivity contribution in [3.63, 3.8) is 0 Å². The second-order valence-corrected chi connectivity index (χ2v) is 5.64. The van der Waals surface area contributed by atoms with Gasteiger partial charge in [-0.1, -0.05) is 6.42 Å². The van der Waals surface area contributed by atoms with Gasteiger partial charge in [0, 0.05) is 11.8 Å². The van der Waals surface area contributed by atoms with Crippen LogP contribution in [0.5, 0.6) is 0 Å². The molecule has 0 spiro atoms. The van der Waals surface area contributed by atoms with Crippen LogP contribution in [0.4, 0.5) is 8.78 Å². The van der Waals surface area contributed by atoms with Gasteiger partial charge in [-0.3, -0.25) is 4.21 Å². The maximum Gasteiger partial charge on any atom is 0.139 e. The van der Waals surface area contributed by atoms with Gasteiger partial charge in [-0.2, -0.15) is 0 Å². The van der Waals surface area contributed by atoms with Crippen molar-refractivity contribution < 1.29 is 13.0 Å². The van der Waals surface area contributed by atoms with Crippen molar-refractivity contribution >= 4 is 10.8 Å². The van der Waals surface area contributed by atoms with E-state index in [-0.39, 0.29) is 10.9 Å². The third-order valence-corrected chi connectivity index (χ3v) is 3.84. The Morgan fingerprint density at radius 2 is 2.06 bits per heavy atom. The van der Waals surface area contributed by atoms with Gasteiger partial charge in [-0.05, 0) is 38.0 Å². The number of halogens is 2. The Morgan fingerprint density at radius 3 is 2.71 bits per heavy atom. The summed E-state index contributed by atoms with van der Waals surface area (Å²) in [5, 5.41) is 0. The van der Waals surface area contributed by atoms with Gasteiger partial charge in [-0.25, -0.2) is 8.78 Å². The Labute approximate surface area is 103 Å². The highest BCUT2D eigenvalue weighted by Gasteiger charge is 2.11. The molecule has 0 heterocycles. The highest BCUT2D eigenvalue weighted by atomic mass is 32.2. The molecule has 2 unspecified atom stereocenters. The predicted octanol–water partition coefficient (Wildman–Crippen LogP) is 2.59. The molecule has 2 nitrogen and oxygen atoms in total. The second-order valence-electron chi connectivity index (χ2n) is 4.10. The van der Waals surface area contributed by atoms with Crippen molar-refractivity contribution in [2.45, 2.75) is 37.1 Å². The average molecular weight is 261 g/mol. The standard InChI is InChI=1S/C12H17F2NOS/c1-9(15)4-2-3-7-17(16)12-8-10(13)5-6-11(12)14/h5-6,8-9H,2-4,7,15H2,1H3. The van der Waals surface area contributed by atoms with Gasteiger partial charge in [0.25, 0.3) is 0 Å². The first-order chi connectivity index (χ1) is 8.00. The molecule has 0 fully saturated rings. The third-order valence-electron chi connectivity index (χ3n) is 2.38. The van der Waals surface area contributed by atoms with E-state index in [0.717, 1.165) is 31.0 Å². The molecule has 0 amide bonds. The molecule has 0 bridgehead atoms. The number of hydrogen-bond acceptors (Lipinski definition) is 2. The van der Waals surface area contributed by atoms with Crippen LogP contribution < -0.4 is 5.73 Å². The average Bonchev–Trinajstić information content (AvgIpc) is 2.27. The molecule has 0 aliphatic heterocycles. The van der Waals surface area contributed by atoms with Crippen LogP contribution in [-0.2, 0) is 10.8 Å². The molecule has 0 aliphatic rings. The summed E-state index contributed by atoms with van der Waals surface area (Å²) in [6, 6.07) is 3.14. The monoisotopic (exact) mass is 261 g/mol. The molecule has 1 rings (SSSR count). The maximum atomic E-state index is 13.3. The zero-order valence-corrected chi connectivity index (χ0v) is 10.6. The normalized spacial score (nSPS) is 14.6. The van der Waals surface area contributed by atoms with Crippen LogP contribution >= 0.6 is 0 Å². The van der Waals surface area contributed by atoms with E-state index in [4.69, 9.17) is 5.73 Å². The summed E-state index contributed by atoms with van der Waals surface area (Å²) >= 11 is 0. The summed E-state index contributed by atoms with van der Waals surface area (Å²) in [7, 11) is -1.48. The van der Waals surface area contributed by atoms with Crippen molar-refractivity contribution in [2.75, 3.05) is 5.75 Å². The molecular formula is C12H17F2NOS. The predicted molar refractivity (Wildman–Crippen MR) is 65.1 cm³/mol. The molecule has 0 saturated carbocycles. The summed E-state index contributed by atoms with van der Waals surface area (Å²) in [5.41, 5.74) is 5.58. The molecule has 1 aromatic rings. The summed E-state index contributed by atoms with van der Waals surface area (Å²) in [5.74, 6) is -0.838. The van der Waals surface area contributed by atoms with Crippen molar-refractivity contribution in [3.8, 4) is 0 Å². The summed E-state index contributed by atoms with van der Waals surface area (Å²) in [6.45, 7) is 1.91. The van der Waals surface area contributed by atoms with Gasteiger partial charge < -0.3 is 5.73 Å². The van der Waals surface area contributed by atoms with Gasteiger partial charge in [-0.15, -0.1) is 0 Å². The summed E-state index contributed by atoms with van der Waals surface area (Å²) in [6.07, 6.45) is 2.40. The van der Waals surface area contributed by atoms with Gasteiger partial charge in [0.15, 0.2) is 0 Å². The number of benzene rings is 1. The molecule has 5 heteroatoms. The van der Waals surface area contributed by atoms with Crippen LogP contribution in [0.25, 0.3) is 0 Å². The lowest BCUT2D eigenvalue weighted by Gasteiger charge is -2.05. The van der Waals surface area contributed by atoms with E-state index in [1.54, 1.807) is 0 Å². The van der Waals surface area contributed by atoms with Crippen LogP contribution in [0.1, 0.15) is 26.2 Å². The number of unbranched alkanes of at least 4 members (excludes halogenated alkanes) is 1. The van der Waals surface area contributed by atoms with E-state index in [0.29, 0.717) is 12.2 Å². The number of rotatable bonds is 6. The van der Waals surface area contributed by atoms with Gasteiger partial charge in [0.1, 0.15) is 11.6 Å². The van der Waals surface area contributed by atoms with E-state index < -0.39 is 22.4 Å². The maximum absolute atomic E-state index is 13.3. The quantitative estimate of drug-likeness (QED) is 0.800. The first kappa shape index (κ1) is 14.3. The lowest BCUT2D eigenvalue weighted by Crippen LogP contribution is -2.14. The van der Waals surface area contributed by atoms with Crippen molar-refractivity contribution in [3.05, 3.63) is 29.8 Å². The van der Waals surface area contributed by atoms with Gasteiger partial charge >= 0.3 is 0 Å². The van der Waals surface area contributed by atoms with E-state index in [1.165, 1.54) is 0 Å². The molecule has 0 aromatic heterocycles. The summed E-state index contributed by atoms with van der Waals surface area (Å²) in [4.78, 5) is -0.0502. The first-order valence-corrected chi connectivity index (χ1v) is 6.91. The molecule has 2 atom stereocenters. The van der Waals surface area contributed by atoms with Crippen LogP contribution in [-0.4, -0.2) is 16.0 Å². The Hall–Kier alpha value is -0.810. The molecule has 0 saturated heterocycles. The number of hydrogen-bond donors (Lipinski definition) is 1. The molecule has 0 radical (unpaired) electrons. The van der Waals surface area contributed by atoms with Crippen LogP contribution in [0.15, 0.2) is 23.1 Å². The highest BCUT2D eigenvalue weighted by molar-refractivity contribution is 7.85. The minimum atomic E-state index is -1.48. The Bertz CT molecular complexity index is 396. The fraction of sp³-hybridized carbons (Fsp3) is 0.500. The van der Waals surface area contributed by atoms with Crippen molar-refractivity contribution in [2.24, 2.45) is 5.73 Å². The van der Waals surface area contributed by atoms with E-state index in [2.05, 4.69) is 0 Å². The highest BCUT2D eigenvalue weighted by Crippen LogP contribution is 2.15. The smallest absolute Gasteiger partial charge is 0.139 e. The zero-order chi connectivity index (χ0) is 12.8. The van der Waals surface area contributed by atoms with E-state index >= 15 is 0 Å². The Kier molecular flexibility index (Phi) is 5.71. The molecule has 17 heavy (non-hydrogen) atoms. The Morgan fingerprint density at radius 1 is 1.35 bits per heavy atom. The molecule has 1 aromatic carbocycles. The topological polar surface area (TPSA) is 43.1 Å². The van der Waals surface area contributed by atoms with E-state index in [1.807, 2.05) is 6.92 Å². The first-order valence-electron chi connectivity index (χ1n) is 5.59. The fourth-order valence-corrected chi connectivity index (χ4v) is 2.68. The van der Waals surface area contributed by atoms with Gasteiger partial charge in [0.05, 0.1) is 15.7 Å². The Balaban J connectivity index is 2.49. The largest absolute Gasteiger partial charge is 0.328 e. The van der Waals surface area contributed by atoms with Crippen LogP contribution in [0.2, 0.25) is 0 Å². The zero-order valence-electron chi connectivity index (χ0n) is 9.79. The number of nitrogens with two attached hydrogens (primary N) is 1. The molecule has 2 N–H and O–H groups in total. The van der Waals surface area contributed by atoms with Crippen molar-refractivity contribution in [1.82, 2.24) is 0 Å². The third kappa shape index (κ3) is 4.91. The van der Waals surface area contributed by atoms with Gasteiger partial charge in [0.2, 0.25) is 0 Å². The molecular weight excluding hydrogens is 244 g/mol. The lowest BCUT2D eigenvalue weighted by molar-refractivity contribution is 0.570.